The number of likely N-dealkylation sites (N-methyl/N-ethyl adjacent to an activating group) is 2. The highest BCUT2D eigenvalue weighted by molar-refractivity contribution is 5.70. The van der Waals surface area contributed by atoms with Crippen molar-refractivity contribution in [3.8, 4) is 0 Å². The average molecular weight is 346 g/mol. The molecule has 0 bridgehead atoms. The molecule has 2 heterocycles. The Balaban J connectivity index is 0.000000240. The van der Waals surface area contributed by atoms with E-state index in [2.05, 4.69) is 0 Å². The molecule has 8 nitrogen and oxygen atoms in total. The number of carbonyl (C=O) groups excluding carboxylic acids is 2. The number of nitrogens with zero attached hydrogens (tertiary/aromatic N) is 2. The molecule has 2 aliphatic heterocycles. The molecular formula is C16H30N2O6. The Bertz CT molecular complexity index is 440. The monoisotopic (exact) mass is 346 g/mol. The normalized spacial score (nSPS) is 28.0. The second-order valence-corrected chi connectivity index (χ2v) is 6.94. The van der Waals surface area contributed by atoms with Gasteiger partial charge in [-0.15, -0.1) is 0 Å². The third-order valence-corrected chi connectivity index (χ3v) is 4.49. The van der Waals surface area contributed by atoms with Crippen molar-refractivity contribution >= 4 is 12.2 Å². The number of aliphatic hydroxyl groups is 2. The minimum Gasteiger partial charge on any atom is -0.447 e. The van der Waals surface area contributed by atoms with E-state index in [0.29, 0.717) is 6.61 Å². The van der Waals surface area contributed by atoms with E-state index in [-0.39, 0.29) is 48.8 Å². The summed E-state index contributed by atoms with van der Waals surface area (Å²) in [6.45, 7) is 8.04. The summed E-state index contributed by atoms with van der Waals surface area (Å²) in [5.41, 5.74) is 0. The predicted octanol–water partition coefficient (Wildman–Crippen LogP) is 0.908. The largest absolute Gasteiger partial charge is 0.447 e. The standard InChI is InChI=1S/2C8H15NO3/c1-5(2)7(10)6-4-12-8(11)9(6)3;1-5(2)7-6(4-10)9(3)8(11)12-7/h2*5-7,10H,4H2,1-3H3/t2*6-,7+/m10/s1. The predicted molar refractivity (Wildman–Crippen MR) is 87.5 cm³/mol. The van der Waals surface area contributed by atoms with E-state index in [1.807, 2.05) is 27.7 Å². The van der Waals surface area contributed by atoms with Gasteiger partial charge in [0.1, 0.15) is 12.7 Å². The minimum absolute atomic E-state index is 0.0366. The van der Waals surface area contributed by atoms with Gasteiger partial charge in [-0.3, -0.25) is 0 Å². The Morgan fingerprint density at radius 1 is 1.12 bits per heavy atom. The third kappa shape index (κ3) is 4.51. The smallest absolute Gasteiger partial charge is 0.410 e. The minimum atomic E-state index is -0.499. The molecule has 0 aromatic heterocycles. The SMILES string of the molecule is CC(C)[C@H](O)[C@H]1COC(=O)N1C.CC(C)[C@H]1OC(=O)N(C)[C@H]1CO. The summed E-state index contributed by atoms with van der Waals surface area (Å²) >= 11 is 0. The Labute approximate surface area is 143 Å². The lowest BCUT2D eigenvalue weighted by molar-refractivity contribution is 0.0572. The summed E-state index contributed by atoms with van der Waals surface area (Å²) < 4.78 is 9.84. The molecule has 2 fully saturated rings. The number of rotatable bonds is 4. The number of aliphatic hydroxyl groups excluding tert-OH is 2. The van der Waals surface area contributed by atoms with Gasteiger partial charge < -0.3 is 29.5 Å². The first-order valence-electron chi connectivity index (χ1n) is 8.23. The van der Waals surface area contributed by atoms with Gasteiger partial charge in [0.15, 0.2) is 0 Å². The van der Waals surface area contributed by atoms with Crippen molar-refractivity contribution in [1.29, 1.82) is 0 Å². The molecule has 0 radical (unpaired) electrons. The number of cyclic esters (lactones) is 2. The van der Waals surface area contributed by atoms with Crippen molar-refractivity contribution in [3.05, 3.63) is 0 Å². The molecule has 0 unspecified atom stereocenters. The molecular weight excluding hydrogens is 316 g/mol. The van der Waals surface area contributed by atoms with Crippen molar-refractivity contribution in [2.75, 3.05) is 27.3 Å². The van der Waals surface area contributed by atoms with E-state index >= 15 is 0 Å². The lowest BCUT2D eigenvalue weighted by atomic mass is 10.0. The summed E-state index contributed by atoms with van der Waals surface area (Å²) in [5.74, 6) is 0.392. The van der Waals surface area contributed by atoms with Gasteiger partial charge in [0.2, 0.25) is 0 Å². The summed E-state index contributed by atoms with van der Waals surface area (Å²) in [7, 11) is 3.29. The fourth-order valence-electron chi connectivity index (χ4n) is 2.72. The maximum atomic E-state index is 11.1. The van der Waals surface area contributed by atoms with Gasteiger partial charge in [0.25, 0.3) is 0 Å². The number of hydrogen-bond donors (Lipinski definition) is 2. The van der Waals surface area contributed by atoms with Crippen LogP contribution in [0.4, 0.5) is 9.59 Å². The van der Waals surface area contributed by atoms with Crippen LogP contribution in [0.5, 0.6) is 0 Å². The van der Waals surface area contributed by atoms with Gasteiger partial charge in [0.05, 0.1) is 24.8 Å². The molecule has 0 aromatic carbocycles. The summed E-state index contributed by atoms with van der Waals surface area (Å²) in [5, 5.41) is 18.6. The van der Waals surface area contributed by atoms with Gasteiger partial charge in [-0.1, -0.05) is 27.7 Å². The maximum Gasteiger partial charge on any atom is 0.410 e. The van der Waals surface area contributed by atoms with Gasteiger partial charge in [0, 0.05) is 14.1 Å². The van der Waals surface area contributed by atoms with Crippen LogP contribution in [0.1, 0.15) is 27.7 Å². The molecule has 2 aliphatic rings. The molecule has 4 atom stereocenters. The zero-order valence-electron chi connectivity index (χ0n) is 15.3. The average Bonchev–Trinajstić information content (AvgIpc) is 3.00. The van der Waals surface area contributed by atoms with E-state index in [1.54, 1.807) is 14.1 Å². The molecule has 0 aliphatic carbocycles. The molecule has 0 saturated carbocycles. The summed E-state index contributed by atoms with van der Waals surface area (Å²) in [6, 6.07) is -0.366. The van der Waals surface area contributed by atoms with E-state index in [4.69, 9.17) is 14.6 Å². The quantitative estimate of drug-likeness (QED) is 0.785. The highest BCUT2D eigenvalue weighted by Crippen LogP contribution is 2.23. The van der Waals surface area contributed by atoms with Gasteiger partial charge in [-0.05, 0) is 11.8 Å². The van der Waals surface area contributed by atoms with Crippen molar-refractivity contribution in [2.24, 2.45) is 11.8 Å². The summed E-state index contributed by atoms with van der Waals surface area (Å²) in [4.78, 5) is 24.9. The molecule has 2 N–H and O–H groups in total. The zero-order valence-corrected chi connectivity index (χ0v) is 15.3. The fourth-order valence-corrected chi connectivity index (χ4v) is 2.72. The van der Waals surface area contributed by atoms with E-state index < -0.39 is 6.10 Å². The Hall–Kier alpha value is -1.54. The molecule has 2 amide bonds. The van der Waals surface area contributed by atoms with Crippen LogP contribution in [0.15, 0.2) is 0 Å². The van der Waals surface area contributed by atoms with Gasteiger partial charge in [-0.25, -0.2) is 9.59 Å². The van der Waals surface area contributed by atoms with E-state index in [9.17, 15) is 14.7 Å². The highest BCUT2D eigenvalue weighted by atomic mass is 16.6. The molecule has 8 heteroatoms. The molecule has 24 heavy (non-hydrogen) atoms. The van der Waals surface area contributed by atoms with Crippen LogP contribution in [-0.2, 0) is 9.47 Å². The van der Waals surface area contributed by atoms with Crippen molar-refractivity contribution in [1.82, 2.24) is 9.80 Å². The number of hydrogen-bond acceptors (Lipinski definition) is 6. The van der Waals surface area contributed by atoms with Crippen LogP contribution in [-0.4, -0.2) is 83.8 Å². The van der Waals surface area contributed by atoms with Crippen LogP contribution < -0.4 is 0 Å². The lowest BCUT2D eigenvalue weighted by Crippen LogP contribution is -2.42. The first-order valence-corrected chi connectivity index (χ1v) is 8.23. The van der Waals surface area contributed by atoms with Crippen molar-refractivity contribution in [3.63, 3.8) is 0 Å². The third-order valence-electron chi connectivity index (χ3n) is 4.49. The van der Waals surface area contributed by atoms with Crippen LogP contribution in [0.2, 0.25) is 0 Å². The Morgan fingerprint density at radius 2 is 1.71 bits per heavy atom. The van der Waals surface area contributed by atoms with Gasteiger partial charge >= 0.3 is 12.2 Å². The van der Waals surface area contributed by atoms with E-state index in [1.165, 1.54) is 9.80 Å². The van der Waals surface area contributed by atoms with E-state index in [0.717, 1.165) is 0 Å². The second-order valence-electron chi connectivity index (χ2n) is 6.94. The summed E-state index contributed by atoms with van der Waals surface area (Å²) in [6.07, 6.45) is -1.36. The molecule has 140 valence electrons. The van der Waals surface area contributed by atoms with Crippen LogP contribution >= 0.6 is 0 Å². The molecule has 0 aromatic rings. The van der Waals surface area contributed by atoms with Crippen LogP contribution in [0.25, 0.3) is 0 Å². The Kier molecular flexibility index (Phi) is 7.28. The lowest BCUT2D eigenvalue weighted by Gasteiger charge is -2.24. The first-order chi connectivity index (χ1) is 11.1. The Morgan fingerprint density at radius 3 is 2.04 bits per heavy atom. The molecule has 0 spiro atoms. The zero-order chi connectivity index (χ0) is 18.6. The highest BCUT2D eigenvalue weighted by Gasteiger charge is 2.40. The molecule has 2 rings (SSSR count). The van der Waals surface area contributed by atoms with Crippen LogP contribution in [0.3, 0.4) is 0 Å². The van der Waals surface area contributed by atoms with Crippen LogP contribution in [0, 0.1) is 11.8 Å². The van der Waals surface area contributed by atoms with Crippen molar-refractivity contribution in [2.45, 2.75) is 52.0 Å². The molecule has 2 saturated heterocycles. The topological polar surface area (TPSA) is 99.5 Å². The number of amides is 2. The first kappa shape index (κ1) is 20.5. The van der Waals surface area contributed by atoms with Crippen molar-refractivity contribution < 1.29 is 29.3 Å². The number of ether oxygens (including phenoxy) is 2. The second kappa shape index (κ2) is 8.53. The van der Waals surface area contributed by atoms with Gasteiger partial charge in [-0.2, -0.15) is 0 Å². The fraction of sp³-hybridized carbons (Fsp3) is 0.875. The maximum absolute atomic E-state index is 11.1. The number of carbonyl (C=O) groups is 2.